The number of benzene rings is 4. The average Bonchev–Trinajstić information content (AvgIpc) is 2.61. The molecular weight excluding hydrogens is 300 g/mol. The molecular formula is C20H12N2O2. The van der Waals surface area contributed by atoms with Crippen LogP contribution in [0.1, 0.15) is 0 Å². The van der Waals surface area contributed by atoms with Crippen molar-refractivity contribution in [2.45, 2.75) is 0 Å². The first-order valence-electron chi connectivity index (χ1n) is 7.66. The van der Waals surface area contributed by atoms with Crippen molar-refractivity contribution in [3.05, 3.63) is 70.9 Å². The Morgan fingerprint density at radius 1 is 0.833 bits per heavy atom. The van der Waals surface area contributed by atoms with E-state index in [4.69, 9.17) is 15.1 Å². The Morgan fingerprint density at radius 3 is 2.29 bits per heavy atom. The van der Waals surface area contributed by atoms with Gasteiger partial charge in [-0.1, -0.05) is 48.5 Å². The molecule has 0 saturated heterocycles. The van der Waals surface area contributed by atoms with Gasteiger partial charge in [-0.2, -0.15) is 0 Å². The van der Waals surface area contributed by atoms with Gasteiger partial charge in [0.25, 0.3) is 0 Å². The second-order valence-electron chi connectivity index (χ2n) is 5.84. The first kappa shape index (κ1) is 13.1. The minimum atomic E-state index is -0.0724. The van der Waals surface area contributed by atoms with Crippen LogP contribution in [0.25, 0.3) is 44.1 Å². The lowest BCUT2D eigenvalue weighted by Gasteiger charge is -2.11. The molecule has 5 rings (SSSR count). The molecule has 3 aromatic rings. The van der Waals surface area contributed by atoms with E-state index in [9.17, 15) is 4.79 Å². The predicted octanol–water partition coefficient (Wildman–Crippen LogP) is 4.18. The van der Waals surface area contributed by atoms with Crippen LogP contribution < -0.4 is 11.2 Å². The summed E-state index contributed by atoms with van der Waals surface area (Å²) in [5, 5.41) is 3.32. The molecule has 0 amide bonds. The summed E-state index contributed by atoms with van der Waals surface area (Å²) < 4.78 is 5.98. The van der Waals surface area contributed by atoms with Gasteiger partial charge in [-0.05, 0) is 0 Å². The highest BCUT2D eigenvalue weighted by Crippen LogP contribution is 2.35. The molecule has 4 nitrogen and oxygen atoms in total. The van der Waals surface area contributed by atoms with Crippen LogP contribution in [0, 0.1) is 0 Å². The van der Waals surface area contributed by atoms with Crippen molar-refractivity contribution in [3.8, 4) is 11.5 Å². The number of nitrogens with two attached hydrogens (primary N) is 1. The second-order valence-corrected chi connectivity index (χ2v) is 5.84. The fourth-order valence-corrected chi connectivity index (χ4v) is 3.28. The Balaban J connectivity index is 2.07. The van der Waals surface area contributed by atoms with Crippen molar-refractivity contribution in [3.63, 3.8) is 0 Å². The fraction of sp³-hybridized carbons (Fsp3) is 0. The molecule has 2 aliphatic rings. The molecule has 1 heterocycles. The number of hydrogen-bond donors (Lipinski definition) is 1. The summed E-state index contributed by atoms with van der Waals surface area (Å²) in [6.07, 6.45) is 0. The highest BCUT2D eigenvalue weighted by atomic mass is 16.3. The third-order valence-corrected chi connectivity index (χ3v) is 4.40. The highest BCUT2D eigenvalue weighted by Gasteiger charge is 2.17. The van der Waals surface area contributed by atoms with Crippen LogP contribution in [0.3, 0.4) is 0 Å². The molecule has 2 N–H and O–H groups in total. The van der Waals surface area contributed by atoms with Crippen LogP contribution >= 0.6 is 0 Å². The summed E-state index contributed by atoms with van der Waals surface area (Å²) in [7, 11) is 0. The maximum atomic E-state index is 12.3. The standard InChI is InChI=1S/C20H12N2O2/c21-15-9-17-19(13-7-3-1-5-11(13)15)22-20-14-8-4-2-6-12(14)16(23)10-18(20)24-17/h1-10H,21H2. The van der Waals surface area contributed by atoms with E-state index in [2.05, 4.69) is 0 Å². The zero-order valence-corrected chi connectivity index (χ0v) is 12.6. The van der Waals surface area contributed by atoms with Crippen molar-refractivity contribution in [2.24, 2.45) is 0 Å². The Labute approximate surface area is 136 Å². The summed E-state index contributed by atoms with van der Waals surface area (Å²) in [6.45, 7) is 0. The maximum absolute atomic E-state index is 12.3. The van der Waals surface area contributed by atoms with Crippen molar-refractivity contribution in [2.75, 3.05) is 5.73 Å². The SMILES string of the molecule is Nc1cc2oc3cc(=O)c4ccccc4c-3nc2c2ccccc12. The number of hydrogen-bond acceptors (Lipinski definition) is 4. The zero-order valence-electron chi connectivity index (χ0n) is 12.6. The quantitative estimate of drug-likeness (QED) is 0.264. The van der Waals surface area contributed by atoms with Crippen molar-refractivity contribution < 1.29 is 4.42 Å². The summed E-state index contributed by atoms with van der Waals surface area (Å²) in [5.41, 5.74) is 8.71. The highest BCUT2D eigenvalue weighted by molar-refractivity contribution is 6.10. The monoisotopic (exact) mass is 312 g/mol. The molecule has 0 spiro atoms. The van der Waals surface area contributed by atoms with E-state index in [1.807, 2.05) is 48.5 Å². The van der Waals surface area contributed by atoms with Crippen LogP contribution in [0.4, 0.5) is 5.69 Å². The minimum absolute atomic E-state index is 0.0724. The smallest absolute Gasteiger partial charge is 0.190 e. The molecule has 0 bridgehead atoms. The predicted molar refractivity (Wildman–Crippen MR) is 96.3 cm³/mol. The number of rotatable bonds is 0. The summed E-state index contributed by atoms with van der Waals surface area (Å²) in [6, 6.07) is 18.6. The lowest BCUT2D eigenvalue weighted by molar-refractivity contribution is 0.614. The Kier molecular flexibility index (Phi) is 2.48. The summed E-state index contributed by atoms with van der Waals surface area (Å²) in [4.78, 5) is 17.1. The van der Waals surface area contributed by atoms with E-state index >= 15 is 0 Å². The van der Waals surface area contributed by atoms with Gasteiger partial charge in [0.2, 0.25) is 0 Å². The normalized spacial score (nSPS) is 11.7. The number of nitrogens with zero attached hydrogens (tertiary/aromatic N) is 1. The molecule has 0 atom stereocenters. The van der Waals surface area contributed by atoms with Crippen LogP contribution in [0.2, 0.25) is 0 Å². The summed E-state index contributed by atoms with van der Waals surface area (Å²) >= 11 is 0. The van der Waals surface area contributed by atoms with Gasteiger partial charge in [-0.25, -0.2) is 4.98 Å². The second kappa shape index (κ2) is 4.55. The molecule has 0 aromatic heterocycles. The molecule has 0 saturated carbocycles. The molecule has 114 valence electrons. The van der Waals surface area contributed by atoms with Crippen molar-refractivity contribution in [1.29, 1.82) is 0 Å². The third kappa shape index (κ3) is 1.68. The average molecular weight is 312 g/mol. The first-order valence-corrected chi connectivity index (χ1v) is 7.66. The minimum Gasteiger partial charge on any atom is -0.453 e. The fourth-order valence-electron chi connectivity index (χ4n) is 3.28. The van der Waals surface area contributed by atoms with Gasteiger partial charge in [-0.15, -0.1) is 0 Å². The van der Waals surface area contributed by atoms with Crippen LogP contribution in [-0.4, -0.2) is 4.98 Å². The largest absolute Gasteiger partial charge is 0.453 e. The molecule has 3 aromatic carbocycles. The molecule has 4 heteroatoms. The number of anilines is 1. The van der Waals surface area contributed by atoms with Gasteiger partial charge >= 0.3 is 0 Å². The van der Waals surface area contributed by atoms with Gasteiger partial charge in [0.15, 0.2) is 16.8 Å². The Bertz CT molecular complexity index is 1290. The first-order chi connectivity index (χ1) is 11.7. The van der Waals surface area contributed by atoms with Gasteiger partial charge in [0.1, 0.15) is 11.2 Å². The third-order valence-electron chi connectivity index (χ3n) is 4.40. The van der Waals surface area contributed by atoms with E-state index in [0.29, 0.717) is 28.1 Å². The molecule has 1 aliphatic carbocycles. The zero-order chi connectivity index (χ0) is 16.3. The molecule has 0 unspecified atom stereocenters. The molecule has 0 radical (unpaired) electrons. The van der Waals surface area contributed by atoms with Crippen LogP contribution in [0.15, 0.2) is 69.9 Å². The number of aromatic nitrogens is 1. The van der Waals surface area contributed by atoms with Crippen molar-refractivity contribution >= 4 is 38.3 Å². The Hall–Kier alpha value is -3.40. The Morgan fingerprint density at radius 2 is 1.50 bits per heavy atom. The van der Waals surface area contributed by atoms with E-state index in [-0.39, 0.29) is 5.43 Å². The van der Waals surface area contributed by atoms with Crippen molar-refractivity contribution in [1.82, 2.24) is 4.98 Å². The van der Waals surface area contributed by atoms with Gasteiger partial charge in [0.05, 0.1) is 0 Å². The van der Waals surface area contributed by atoms with Gasteiger partial charge < -0.3 is 10.2 Å². The topological polar surface area (TPSA) is 69.1 Å². The van der Waals surface area contributed by atoms with E-state index < -0.39 is 0 Å². The lowest BCUT2D eigenvalue weighted by atomic mass is 10.0. The summed E-state index contributed by atoms with van der Waals surface area (Å²) in [5.74, 6) is 0.473. The lowest BCUT2D eigenvalue weighted by Crippen LogP contribution is -2.04. The van der Waals surface area contributed by atoms with E-state index in [0.717, 1.165) is 21.7 Å². The van der Waals surface area contributed by atoms with E-state index in [1.54, 1.807) is 6.07 Å². The van der Waals surface area contributed by atoms with E-state index in [1.165, 1.54) is 6.07 Å². The number of nitrogen functional groups attached to an aromatic ring is 1. The molecule has 1 aliphatic heterocycles. The van der Waals surface area contributed by atoms with Crippen LogP contribution in [0.5, 0.6) is 0 Å². The van der Waals surface area contributed by atoms with Gasteiger partial charge in [0, 0.05) is 39.4 Å². The molecule has 24 heavy (non-hydrogen) atoms. The van der Waals surface area contributed by atoms with Gasteiger partial charge in [-0.3, -0.25) is 4.79 Å². The van der Waals surface area contributed by atoms with Crippen LogP contribution in [-0.2, 0) is 0 Å². The number of fused-ring (bicyclic) bond motifs is 6. The molecule has 0 fully saturated rings. The maximum Gasteiger partial charge on any atom is 0.190 e.